The lowest BCUT2D eigenvalue weighted by atomic mass is 9.99. The lowest BCUT2D eigenvalue weighted by Crippen LogP contribution is -2.52. The van der Waals surface area contributed by atoms with Crippen LogP contribution in [0.1, 0.15) is 73.0 Å². The zero-order chi connectivity index (χ0) is 24.8. The molecule has 9 nitrogen and oxygen atoms in total. The number of carbonyl (C=O) groups is 3. The summed E-state index contributed by atoms with van der Waals surface area (Å²) in [4.78, 5) is 40.5. The van der Waals surface area contributed by atoms with E-state index in [1.54, 1.807) is 24.3 Å². The number of nitrogen functional groups attached to an aromatic ring is 1. The molecule has 184 valence electrons. The van der Waals surface area contributed by atoms with Crippen LogP contribution in [0, 0.1) is 5.92 Å². The standard InChI is InChI=1S/C24H33N5O4S/c1-4-33-17-11-9-16(10-12-17)29(24(32)21-19(25)20(22(26)30)28-34-21)18(13-14(2)3)23(31)27-15-7-5-6-8-15/h9-12,14-15,18H,4-8,13,25H2,1-3H3,(H2,26,30)(H,27,31). The van der Waals surface area contributed by atoms with Crippen molar-refractivity contribution in [3.63, 3.8) is 0 Å². The molecule has 0 spiro atoms. The SMILES string of the molecule is CCOc1ccc(N(C(=O)c2snc(C(N)=O)c2N)C(CC(C)C)C(=O)NC2CCCC2)cc1. The van der Waals surface area contributed by atoms with Gasteiger partial charge in [-0.05, 0) is 67.9 Å². The molecule has 1 unspecified atom stereocenters. The number of carbonyl (C=O) groups excluding carboxylic acids is 3. The van der Waals surface area contributed by atoms with Crippen LogP contribution in [0.25, 0.3) is 0 Å². The second-order valence-electron chi connectivity index (χ2n) is 8.88. The van der Waals surface area contributed by atoms with Gasteiger partial charge in [-0.3, -0.25) is 19.3 Å². The Kier molecular flexibility index (Phi) is 8.49. The van der Waals surface area contributed by atoms with Crippen LogP contribution in [0.4, 0.5) is 11.4 Å². The number of hydrogen-bond acceptors (Lipinski definition) is 7. The molecule has 1 fully saturated rings. The van der Waals surface area contributed by atoms with E-state index in [0.29, 0.717) is 24.5 Å². The van der Waals surface area contributed by atoms with E-state index in [9.17, 15) is 14.4 Å². The Labute approximate surface area is 204 Å². The topological polar surface area (TPSA) is 141 Å². The number of nitrogens with two attached hydrogens (primary N) is 2. The molecule has 3 rings (SSSR count). The largest absolute Gasteiger partial charge is 0.494 e. The Morgan fingerprint density at radius 1 is 1.21 bits per heavy atom. The van der Waals surface area contributed by atoms with Crippen LogP contribution in [-0.2, 0) is 4.79 Å². The fourth-order valence-corrected chi connectivity index (χ4v) is 4.93. The lowest BCUT2D eigenvalue weighted by Gasteiger charge is -2.33. The molecule has 34 heavy (non-hydrogen) atoms. The number of nitrogens with one attached hydrogen (secondary N) is 1. The van der Waals surface area contributed by atoms with E-state index in [4.69, 9.17) is 16.2 Å². The number of amides is 3. The van der Waals surface area contributed by atoms with E-state index < -0.39 is 17.9 Å². The van der Waals surface area contributed by atoms with E-state index in [1.165, 1.54) is 4.90 Å². The summed E-state index contributed by atoms with van der Waals surface area (Å²) in [6.45, 7) is 6.40. The summed E-state index contributed by atoms with van der Waals surface area (Å²) in [5.41, 5.74) is 11.7. The van der Waals surface area contributed by atoms with Gasteiger partial charge in [-0.25, -0.2) is 0 Å². The van der Waals surface area contributed by atoms with Crippen LogP contribution in [0.5, 0.6) is 5.75 Å². The van der Waals surface area contributed by atoms with Crippen molar-refractivity contribution >= 4 is 40.6 Å². The van der Waals surface area contributed by atoms with Gasteiger partial charge in [0, 0.05) is 11.7 Å². The van der Waals surface area contributed by atoms with Gasteiger partial charge in [0.2, 0.25) is 5.91 Å². The predicted molar refractivity (Wildman–Crippen MR) is 133 cm³/mol. The molecular formula is C24H33N5O4S. The maximum Gasteiger partial charge on any atom is 0.272 e. The number of primary amides is 1. The number of aromatic nitrogens is 1. The Hall–Kier alpha value is -3.14. The van der Waals surface area contributed by atoms with Gasteiger partial charge in [-0.1, -0.05) is 26.7 Å². The van der Waals surface area contributed by atoms with Crippen molar-refractivity contribution in [3.05, 3.63) is 34.8 Å². The van der Waals surface area contributed by atoms with Crippen molar-refractivity contribution in [1.82, 2.24) is 9.69 Å². The third-order valence-electron chi connectivity index (χ3n) is 5.81. The number of benzene rings is 1. The van der Waals surface area contributed by atoms with E-state index in [1.807, 2.05) is 20.8 Å². The van der Waals surface area contributed by atoms with E-state index in [2.05, 4.69) is 9.69 Å². The molecule has 0 saturated heterocycles. The highest BCUT2D eigenvalue weighted by molar-refractivity contribution is 7.09. The highest BCUT2D eigenvalue weighted by atomic mass is 32.1. The van der Waals surface area contributed by atoms with Gasteiger partial charge in [-0.2, -0.15) is 4.37 Å². The number of hydrogen-bond donors (Lipinski definition) is 3. The summed E-state index contributed by atoms with van der Waals surface area (Å²) in [5, 5.41) is 3.14. The highest BCUT2D eigenvalue weighted by Gasteiger charge is 2.36. The molecule has 1 aliphatic rings. The average molecular weight is 488 g/mol. The summed E-state index contributed by atoms with van der Waals surface area (Å²) in [6.07, 6.45) is 4.46. The maximum atomic E-state index is 13.8. The van der Waals surface area contributed by atoms with Crippen LogP contribution in [0.3, 0.4) is 0 Å². The van der Waals surface area contributed by atoms with E-state index >= 15 is 0 Å². The van der Waals surface area contributed by atoms with Crippen LogP contribution in [-0.4, -0.2) is 40.8 Å². The van der Waals surface area contributed by atoms with Crippen molar-refractivity contribution in [2.45, 2.75) is 65.0 Å². The fraction of sp³-hybridized carbons (Fsp3) is 0.500. The van der Waals surface area contributed by atoms with Crippen LogP contribution in [0.2, 0.25) is 0 Å². The Morgan fingerprint density at radius 3 is 2.38 bits per heavy atom. The zero-order valence-electron chi connectivity index (χ0n) is 19.9. The minimum Gasteiger partial charge on any atom is -0.494 e. The third kappa shape index (κ3) is 5.85. The van der Waals surface area contributed by atoms with Crippen molar-refractivity contribution in [2.75, 3.05) is 17.2 Å². The molecule has 10 heteroatoms. The summed E-state index contributed by atoms with van der Waals surface area (Å²) < 4.78 is 9.51. The predicted octanol–water partition coefficient (Wildman–Crippen LogP) is 3.34. The summed E-state index contributed by atoms with van der Waals surface area (Å²) in [5.74, 6) is -0.724. The third-order valence-corrected chi connectivity index (χ3v) is 6.66. The van der Waals surface area contributed by atoms with Crippen molar-refractivity contribution in [1.29, 1.82) is 0 Å². The number of anilines is 2. The van der Waals surface area contributed by atoms with E-state index in [-0.39, 0.29) is 34.1 Å². The van der Waals surface area contributed by atoms with Gasteiger partial charge in [0.25, 0.3) is 11.8 Å². The summed E-state index contributed by atoms with van der Waals surface area (Å²) >= 11 is 0.804. The Morgan fingerprint density at radius 2 is 1.85 bits per heavy atom. The second kappa shape index (κ2) is 11.3. The fourth-order valence-electron chi connectivity index (χ4n) is 4.19. The summed E-state index contributed by atoms with van der Waals surface area (Å²) in [7, 11) is 0. The van der Waals surface area contributed by atoms with Crippen LogP contribution >= 0.6 is 11.5 Å². The molecule has 0 bridgehead atoms. The minimum atomic E-state index is -0.807. The molecule has 1 aromatic heterocycles. The molecule has 1 aliphatic carbocycles. The molecule has 1 heterocycles. The molecule has 2 aromatic rings. The van der Waals surface area contributed by atoms with Gasteiger partial charge in [-0.15, -0.1) is 0 Å². The molecule has 0 aliphatic heterocycles. The van der Waals surface area contributed by atoms with Crippen molar-refractivity contribution < 1.29 is 19.1 Å². The molecule has 0 radical (unpaired) electrons. The normalized spacial score (nSPS) is 14.7. The average Bonchev–Trinajstić information content (AvgIpc) is 3.43. The van der Waals surface area contributed by atoms with E-state index in [0.717, 1.165) is 37.2 Å². The van der Waals surface area contributed by atoms with Crippen LogP contribution < -0.4 is 26.4 Å². The van der Waals surface area contributed by atoms with Gasteiger partial charge in [0.05, 0.1) is 12.3 Å². The first-order valence-electron chi connectivity index (χ1n) is 11.6. The number of ether oxygens (including phenoxy) is 1. The molecule has 5 N–H and O–H groups in total. The minimum absolute atomic E-state index is 0.0714. The van der Waals surface area contributed by atoms with Crippen molar-refractivity contribution in [2.24, 2.45) is 11.7 Å². The van der Waals surface area contributed by atoms with Gasteiger partial charge in [0.1, 0.15) is 16.7 Å². The first kappa shape index (κ1) is 25.5. The monoisotopic (exact) mass is 487 g/mol. The second-order valence-corrected chi connectivity index (χ2v) is 9.65. The quantitative estimate of drug-likeness (QED) is 0.469. The van der Waals surface area contributed by atoms with Crippen LogP contribution in [0.15, 0.2) is 24.3 Å². The highest BCUT2D eigenvalue weighted by Crippen LogP contribution is 2.31. The van der Waals surface area contributed by atoms with Gasteiger partial charge < -0.3 is 21.5 Å². The first-order valence-corrected chi connectivity index (χ1v) is 12.4. The first-order chi connectivity index (χ1) is 16.2. The molecule has 1 atom stereocenters. The number of nitrogens with zero attached hydrogens (tertiary/aromatic N) is 2. The Balaban J connectivity index is 2.04. The number of rotatable bonds is 10. The van der Waals surface area contributed by atoms with Gasteiger partial charge >= 0.3 is 0 Å². The molecular weight excluding hydrogens is 454 g/mol. The van der Waals surface area contributed by atoms with Gasteiger partial charge in [0.15, 0.2) is 5.69 Å². The Bertz CT molecular complexity index is 1010. The van der Waals surface area contributed by atoms with Crippen molar-refractivity contribution in [3.8, 4) is 5.75 Å². The molecule has 1 aromatic carbocycles. The maximum absolute atomic E-state index is 13.8. The summed E-state index contributed by atoms with van der Waals surface area (Å²) in [6, 6.07) is 6.33. The lowest BCUT2D eigenvalue weighted by molar-refractivity contribution is -0.123. The molecule has 1 saturated carbocycles. The zero-order valence-corrected chi connectivity index (χ0v) is 20.7. The molecule has 3 amide bonds. The smallest absolute Gasteiger partial charge is 0.272 e.